The number of hydrogen-bond donors (Lipinski definition) is 1. The number of carbonyl (C=O) groups excluding carboxylic acids is 1. The summed E-state index contributed by atoms with van der Waals surface area (Å²) in [5, 5.41) is 14.9. The van der Waals surface area contributed by atoms with Gasteiger partial charge in [-0.05, 0) is 60.0 Å². The summed E-state index contributed by atoms with van der Waals surface area (Å²) in [6, 6.07) is 20.8. The summed E-state index contributed by atoms with van der Waals surface area (Å²) in [4.78, 5) is 17.1. The highest BCUT2D eigenvalue weighted by Crippen LogP contribution is 2.29. The molecular formula is C26H21N5O3. The van der Waals surface area contributed by atoms with Crippen LogP contribution in [-0.2, 0) is 0 Å². The first-order valence-corrected chi connectivity index (χ1v) is 10.7. The molecule has 5 rings (SSSR count). The van der Waals surface area contributed by atoms with Crippen LogP contribution < -0.4 is 5.32 Å². The average molecular weight is 451 g/mol. The quantitative estimate of drug-likeness (QED) is 0.369. The van der Waals surface area contributed by atoms with Crippen molar-refractivity contribution in [3.05, 3.63) is 89.6 Å². The fourth-order valence-electron chi connectivity index (χ4n) is 3.64. The normalized spacial score (nSPS) is 10.9. The van der Waals surface area contributed by atoms with E-state index in [1.165, 1.54) is 0 Å². The van der Waals surface area contributed by atoms with Gasteiger partial charge < -0.3 is 14.3 Å². The van der Waals surface area contributed by atoms with Gasteiger partial charge in [0.2, 0.25) is 23.5 Å². The van der Waals surface area contributed by atoms with Gasteiger partial charge in [-0.25, -0.2) is 0 Å². The molecule has 0 radical (unpaired) electrons. The second-order valence-corrected chi connectivity index (χ2v) is 7.91. The minimum atomic E-state index is -0.209. The highest BCUT2D eigenvalue weighted by molar-refractivity contribution is 6.04. The first-order chi connectivity index (χ1) is 16.5. The number of nitrogens with zero attached hydrogens (tertiary/aromatic N) is 4. The van der Waals surface area contributed by atoms with E-state index >= 15 is 0 Å². The third kappa shape index (κ3) is 4.33. The molecule has 1 N–H and O–H groups in total. The lowest BCUT2D eigenvalue weighted by molar-refractivity contribution is 0.102. The fraction of sp³-hybridized carbons (Fsp3) is 0.115. The number of nitrogens with one attached hydrogen (secondary N) is 1. The van der Waals surface area contributed by atoms with Gasteiger partial charge in [-0.3, -0.25) is 4.79 Å². The zero-order valence-corrected chi connectivity index (χ0v) is 18.9. The summed E-state index contributed by atoms with van der Waals surface area (Å²) in [7, 11) is 0. The van der Waals surface area contributed by atoms with Gasteiger partial charge in [-0.2, -0.15) is 4.98 Å². The van der Waals surface area contributed by atoms with E-state index in [1.807, 2.05) is 61.5 Å². The Hall–Kier alpha value is -4.59. The van der Waals surface area contributed by atoms with E-state index in [0.717, 1.165) is 27.8 Å². The Morgan fingerprint density at radius 3 is 2.32 bits per heavy atom. The number of carbonyl (C=O) groups is 1. The molecule has 3 aromatic carbocycles. The standard InChI is InChI=1S/C26H21N5O3/c1-15-7-8-21(26-30-29-17(3)33-26)14-23(15)18-9-11-19(12-10-18)25(32)28-22-6-4-5-20(13-22)24-27-16(2)34-31-24/h4-14H,1-3H3,(H,28,32). The van der Waals surface area contributed by atoms with Crippen molar-refractivity contribution in [1.82, 2.24) is 20.3 Å². The van der Waals surface area contributed by atoms with Crippen molar-refractivity contribution in [2.45, 2.75) is 20.8 Å². The van der Waals surface area contributed by atoms with Gasteiger partial charge in [-0.15, -0.1) is 10.2 Å². The van der Waals surface area contributed by atoms with E-state index in [0.29, 0.717) is 34.7 Å². The molecular weight excluding hydrogens is 430 g/mol. The molecule has 0 atom stereocenters. The highest BCUT2D eigenvalue weighted by atomic mass is 16.5. The zero-order chi connectivity index (χ0) is 23.7. The molecule has 0 aliphatic rings. The van der Waals surface area contributed by atoms with E-state index in [1.54, 1.807) is 26.0 Å². The van der Waals surface area contributed by atoms with Gasteiger partial charge >= 0.3 is 0 Å². The predicted molar refractivity (Wildman–Crippen MR) is 127 cm³/mol. The zero-order valence-electron chi connectivity index (χ0n) is 18.9. The summed E-state index contributed by atoms with van der Waals surface area (Å²) in [6.45, 7) is 5.53. The van der Waals surface area contributed by atoms with E-state index in [-0.39, 0.29) is 5.91 Å². The second-order valence-electron chi connectivity index (χ2n) is 7.91. The summed E-state index contributed by atoms with van der Waals surface area (Å²) < 4.78 is 10.6. The predicted octanol–water partition coefficient (Wildman–Crippen LogP) is 5.63. The summed E-state index contributed by atoms with van der Waals surface area (Å²) in [6.07, 6.45) is 0. The van der Waals surface area contributed by atoms with Crippen LogP contribution in [0.15, 0.2) is 75.7 Å². The molecule has 0 unspecified atom stereocenters. The maximum Gasteiger partial charge on any atom is 0.255 e. The van der Waals surface area contributed by atoms with Crippen LogP contribution in [0.3, 0.4) is 0 Å². The summed E-state index contributed by atoms with van der Waals surface area (Å²) in [5.74, 6) is 1.75. The van der Waals surface area contributed by atoms with Crippen LogP contribution >= 0.6 is 0 Å². The molecule has 0 aliphatic heterocycles. The third-order valence-electron chi connectivity index (χ3n) is 5.37. The molecule has 168 valence electrons. The molecule has 1 amide bonds. The number of hydrogen-bond acceptors (Lipinski definition) is 7. The van der Waals surface area contributed by atoms with Crippen molar-refractivity contribution >= 4 is 11.6 Å². The van der Waals surface area contributed by atoms with Gasteiger partial charge in [0.25, 0.3) is 5.91 Å². The maximum absolute atomic E-state index is 12.8. The number of amides is 1. The van der Waals surface area contributed by atoms with Crippen LogP contribution in [0.4, 0.5) is 5.69 Å². The lowest BCUT2D eigenvalue weighted by Gasteiger charge is -2.10. The molecule has 0 aliphatic carbocycles. The van der Waals surface area contributed by atoms with Crippen molar-refractivity contribution < 1.29 is 13.7 Å². The minimum Gasteiger partial charge on any atom is -0.421 e. The number of benzene rings is 3. The average Bonchev–Trinajstić information content (AvgIpc) is 3.48. The molecule has 2 heterocycles. The Balaban J connectivity index is 1.35. The van der Waals surface area contributed by atoms with Crippen LogP contribution in [-0.4, -0.2) is 26.2 Å². The van der Waals surface area contributed by atoms with Crippen molar-refractivity contribution in [3.8, 4) is 34.0 Å². The Labute approximate surface area is 195 Å². The topological polar surface area (TPSA) is 107 Å². The van der Waals surface area contributed by atoms with Gasteiger partial charge in [0.05, 0.1) is 0 Å². The molecule has 2 aromatic heterocycles. The van der Waals surface area contributed by atoms with Crippen LogP contribution in [0.25, 0.3) is 34.0 Å². The largest absolute Gasteiger partial charge is 0.421 e. The second kappa shape index (κ2) is 8.74. The molecule has 0 bridgehead atoms. The van der Waals surface area contributed by atoms with Crippen molar-refractivity contribution in [3.63, 3.8) is 0 Å². The van der Waals surface area contributed by atoms with Gasteiger partial charge in [0, 0.05) is 36.2 Å². The van der Waals surface area contributed by atoms with E-state index < -0.39 is 0 Å². The van der Waals surface area contributed by atoms with Crippen molar-refractivity contribution in [2.75, 3.05) is 5.32 Å². The number of anilines is 1. The van der Waals surface area contributed by atoms with Gasteiger partial charge in [0.15, 0.2) is 0 Å². The number of aromatic nitrogens is 4. The molecule has 0 spiro atoms. The third-order valence-corrected chi connectivity index (χ3v) is 5.37. The van der Waals surface area contributed by atoms with E-state index in [4.69, 9.17) is 8.94 Å². The van der Waals surface area contributed by atoms with Crippen LogP contribution in [0, 0.1) is 20.8 Å². The van der Waals surface area contributed by atoms with Crippen molar-refractivity contribution in [1.29, 1.82) is 0 Å². The van der Waals surface area contributed by atoms with Crippen molar-refractivity contribution in [2.24, 2.45) is 0 Å². The smallest absolute Gasteiger partial charge is 0.255 e. The van der Waals surface area contributed by atoms with E-state index in [9.17, 15) is 4.79 Å². The number of rotatable bonds is 5. The SMILES string of the molecule is Cc1nc(-c2cccc(NC(=O)c3ccc(-c4cc(-c5nnc(C)o5)ccc4C)cc3)c2)no1. The molecule has 34 heavy (non-hydrogen) atoms. The maximum atomic E-state index is 12.8. The van der Waals surface area contributed by atoms with Crippen LogP contribution in [0.2, 0.25) is 0 Å². The molecule has 5 aromatic rings. The molecule has 0 saturated carbocycles. The Morgan fingerprint density at radius 2 is 1.62 bits per heavy atom. The summed E-state index contributed by atoms with van der Waals surface area (Å²) >= 11 is 0. The first kappa shape index (κ1) is 21.3. The van der Waals surface area contributed by atoms with E-state index in [2.05, 4.69) is 25.7 Å². The monoisotopic (exact) mass is 451 g/mol. The molecule has 8 nitrogen and oxygen atoms in total. The fourth-order valence-corrected chi connectivity index (χ4v) is 3.64. The molecule has 0 saturated heterocycles. The Bertz CT molecular complexity index is 1480. The molecule has 8 heteroatoms. The van der Waals surface area contributed by atoms with Gasteiger partial charge in [-0.1, -0.05) is 35.5 Å². The van der Waals surface area contributed by atoms with Crippen LogP contribution in [0.1, 0.15) is 27.7 Å². The summed E-state index contributed by atoms with van der Waals surface area (Å²) in [5.41, 5.74) is 5.92. The lowest BCUT2D eigenvalue weighted by atomic mass is 9.97. The van der Waals surface area contributed by atoms with Crippen LogP contribution in [0.5, 0.6) is 0 Å². The molecule has 0 fully saturated rings. The highest BCUT2D eigenvalue weighted by Gasteiger charge is 2.12. The first-order valence-electron chi connectivity index (χ1n) is 10.7. The number of aryl methyl sites for hydroxylation is 3. The van der Waals surface area contributed by atoms with Gasteiger partial charge in [0.1, 0.15) is 0 Å². The Kier molecular flexibility index (Phi) is 5.47. The minimum absolute atomic E-state index is 0.209. The Morgan fingerprint density at radius 1 is 0.824 bits per heavy atom. The lowest BCUT2D eigenvalue weighted by Crippen LogP contribution is -2.11.